The molecule has 0 saturated heterocycles. The molecule has 2 heterocycles. The smallest absolute Gasteiger partial charge is 0.260 e. The monoisotopic (exact) mass is 257 g/mol. The first kappa shape index (κ1) is 11.5. The average Bonchev–Trinajstić information content (AvgIpc) is 2.79. The fourth-order valence-corrected chi connectivity index (χ4v) is 1.98. The van der Waals surface area contributed by atoms with Crippen molar-refractivity contribution in [2.45, 2.75) is 12.8 Å². The minimum atomic E-state index is -0.432. The van der Waals surface area contributed by atoms with Gasteiger partial charge in [-0.25, -0.2) is 4.90 Å². The Morgan fingerprint density at radius 3 is 2.58 bits per heavy atom. The number of amides is 2. The first-order valence-electron chi connectivity index (χ1n) is 5.91. The molecule has 0 radical (unpaired) electrons. The van der Waals surface area contributed by atoms with Gasteiger partial charge < -0.3 is 9.47 Å². The van der Waals surface area contributed by atoms with Crippen molar-refractivity contribution in [3.63, 3.8) is 0 Å². The third-order valence-electron chi connectivity index (χ3n) is 2.92. The van der Waals surface area contributed by atoms with Crippen molar-refractivity contribution in [3.05, 3.63) is 60.1 Å². The Hall–Kier alpha value is -2.56. The van der Waals surface area contributed by atoms with Gasteiger partial charge in [-0.15, -0.1) is 0 Å². The van der Waals surface area contributed by atoms with E-state index in [1.54, 1.807) is 0 Å². The first-order valence-corrected chi connectivity index (χ1v) is 5.91. The van der Waals surface area contributed by atoms with Gasteiger partial charge in [0.15, 0.2) is 12.0 Å². The molecule has 0 saturated carbocycles. The van der Waals surface area contributed by atoms with Crippen LogP contribution in [0.4, 0.5) is 0 Å². The summed E-state index contributed by atoms with van der Waals surface area (Å²) in [5.74, 6) is -0.250. The zero-order chi connectivity index (χ0) is 13.2. The van der Waals surface area contributed by atoms with Gasteiger partial charge in [-0.2, -0.15) is 0 Å². The standard InChI is InChI=1S/C14H11NO4/c16-12-6-7-13(17)15(12)14-9-18-8-11(19-14)10-4-2-1-3-5-10/h1-2,4,6-9H,3,5H2. The van der Waals surface area contributed by atoms with E-state index in [0.717, 1.165) is 23.3 Å². The predicted molar refractivity (Wildman–Crippen MR) is 65.8 cm³/mol. The lowest BCUT2D eigenvalue weighted by atomic mass is 10.0. The number of carbonyl (C=O) groups excluding carboxylic acids is 2. The molecule has 2 amide bonds. The van der Waals surface area contributed by atoms with Gasteiger partial charge in [0.1, 0.15) is 6.26 Å². The molecule has 96 valence electrons. The van der Waals surface area contributed by atoms with E-state index < -0.39 is 11.8 Å². The van der Waals surface area contributed by atoms with Crippen LogP contribution in [0.1, 0.15) is 12.8 Å². The van der Waals surface area contributed by atoms with Crippen molar-refractivity contribution in [2.75, 3.05) is 0 Å². The van der Waals surface area contributed by atoms with Gasteiger partial charge in [0.2, 0.25) is 5.88 Å². The molecule has 0 aromatic rings. The molecule has 0 N–H and O–H groups in total. The lowest BCUT2D eigenvalue weighted by molar-refractivity contribution is -0.137. The average molecular weight is 257 g/mol. The Bertz CT molecular complexity index is 575. The topological polar surface area (TPSA) is 55.8 Å². The molecular weight excluding hydrogens is 246 g/mol. The third kappa shape index (κ3) is 2.10. The summed E-state index contributed by atoms with van der Waals surface area (Å²) in [4.78, 5) is 24.1. The molecule has 3 rings (SSSR count). The third-order valence-corrected chi connectivity index (χ3v) is 2.92. The Kier molecular flexibility index (Phi) is 2.79. The second-order valence-corrected chi connectivity index (χ2v) is 4.18. The highest BCUT2D eigenvalue weighted by atomic mass is 16.6. The van der Waals surface area contributed by atoms with Gasteiger partial charge in [0, 0.05) is 12.2 Å². The fraction of sp³-hybridized carbons (Fsp3) is 0.143. The molecule has 0 atom stereocenters. The molecule has 0 spiro atoms. The molecule has 5 heteroatoms. The van der Waals surface area contributed by atoms with Crippen molar-refractivity contribution in [1.29, 1.82) is 0 Å². The van der Waals surface area contributed by atoms with Gasteiger partial charge >= 0.3 is 0 Å². The van der Waals surface area contributed by atoms with Crippen LogP contribution in [-0.4, -0.2) is 16.7 Å². The molecule has 2 aliphatic heterocycles. The normalized spacial score (nSPS) is 21.7. The number of carbonyl (C=O) groups is 2. The van der Waals surface area contributed by atoms with Crippen LogP contribution in [0.5, 0.6) is 0 Å². The summed E-state index contributed by atoms with van der Waals surface area (Å²) in [6.07, 6.45) is 12.8. The molecule has 0 unspecified atom stereocenters. The SMILES string of the molecule is O=C1C=CC(=O)N1C1=COC=C(C2=CC=CCC2)O1. The maximum Gasteiger partial charge on any atom is 0.260 e. The minimum absolute atomic E-state index is 0.0907. The maximum atomic E-state index is 11.6. The van der Waals surface area contributed by atoms with E-state index in [1.165, 1.54) is 24.7 Å². The molecule has 0 fully saturated rings. The number of rotatable bonds is 2. The van der Waals surface area contributed by atoms with Crippen LogP contribution in [0.2, 0.25) is 0 Å². The Morgan fingerprint density at radius 2 is 1.89 bits per heavy atom. The molecule has 0 bridgehead atoms. The fourth-order valence-electron chi connectivity index (χ4n) is 1.98. The van der Waals surface area contributed by atoms with E-state index >= 15 is 0 Å². The van der Waals surface area contributed by atoms with E-state index in [-0.39, 0.29) is 5.88 Å². The summed E-state index contributed by atoms with van der Waals surface area (Å²) >= 11 is 0. The first-order chi connectivity index (χ1) is 9.25. The quantitative estimate of drug-likeness (QED) is 0.709. The van der Waals surface area contributed by atoms with Crippen molar-refractivity contribution in [1.82, 2.24) is 4.90 Å². The highest BCUT2D eigenvalue weighted by molar-refractivity contribution is 6.14. The highest BCUT2D eigenvalue weighted by Crippen LogP contribution is 2.28. The van der Waals surface area contributed by atoms with E-state index in [4.69, 9.17) is 9.47 Å². The Morgan fingerprint density at radius 1 is 1.11 bits per heavy atom. The van der Waals surface area contributed by atoms with Crippen molar-refractivity contribution in [2.24, 2.45) is 0 Å². The summed E-state index contributed by atoms with van der Waals surface area (Å²) in [7, 11) is 0. The number of hydrogen-bond donors (Lipinski definition) is 0. The van der Waals surface area contributed by atoms with E-state index in [1.807, 2.05) is 12.2 Å². The summed E-state index contributed by atoms with van der Waals surface area (Å²) in [5, 5.41) is 0. The largest absolute Gasteiger partial charge is 0.463 e. The van der Waals surface area contributed by atoms with Crippen LogP contribution in [-0.2, 0) is 19.1 Å². The number of imide groups is 1. The van der Waals surface area contributed by atoms with Gasteiger partial charge in [-0.1, -0.05) is 18.2 Å². The van der Waals surface area contributed by atoms with Crippen LogP contribution in [0.3, 0.4) is 0 Å². The second-order valence-electron chi connectivity index (χ2n) is 4.18. The molecule has 1 aliphatic carbocycles. The molecular formula is C14H11NO4. The van der Waals surface area contributed by atoms with Crippen LogP contribution in [0.15, 0.2) is 60.1 Å². The number of ether oxygens (including phenoxy) is 2. The lowest BCUT2D eigenvalue weighted by Gasteiger charge is -2.23. The summed E-state index contributed by atoms with van der Waals surface area (Å²) in [5.41, 5.74) is 0.972. The van der Waals surface area contributed by atoms with Crippen molar-refractivity contribution < 1.29 is 19.1 Å². The maximum absolute atomic E-state index is 11.6. The van der Waals surface area contributed by atoms with Crippen LogP contribution >= 0.6 is 0 Å². The van der Waals surface area contributed by atoms with E-state index in [0.29, 0.717) is 5.76 Å². The molecule has 19 heavy (non-hydrogen) atoms. The zero-order valence-corrected chi connectivity index (χ0v) is 10.0. The molecule has 0 aromatic heterocycles. The van der Waals surface area contributed by atoms with Gasteiger partial charge in [0.05, 0.1) is 0 Å². The van der Waals surface area contributed by atoms with E-state index in [9.17, 15) is 9.59 Å². The van der Waals surface area contributed by atoms with Crippen LogP contribution in [0.25, 0.3) is 0 Å². The van der Waals surface area contributed by atoms with E-state index in [2.05, 4.69) is 6.08 Å². The molecule has 0 aromatic carbocycles. The van der Waals surface area contributed by atoms with Crippen LogP contribution in [0, 0.1) is 0 Å². The zero-order valence-electron chi connectivity index (χ0n) is 10.0. The number of allylic oxidation sites excluding steroid dienone is 4. The Balaban J connectivity index is 1.78. The number of hydrogen-bond acceptors (Lipinski definition) is 4. The van der Waals surface area contributed by atoms with Crippen LogP contribution < -0.4 is 0 Å². The van der Waals surface area contributed by atoms with Gasteiger partial charge in [0.25, 0.3) is 11.8 Å². The lowest BCUT2D eigenvalue weighted by Crippen LogP contribution is -2.31. The summed E-state index contributed by atoms with van der Waals surface area (Å²) < 4.78 is 10.8. The summed E-state index contributed by atoms with van der Waals surface area (Å²) in [6, 6.07) is 0. The second kappa shape index (κ2) is 4.61. The van der Waals surface area contributed by atoms with Crippen molar-refractivity contribution in [3.8, 4) is 0 Å². The minimum Gasteiger partial charge on any atom is -0.463 e. The molecule has 5 nitrogen and oxygen atoms in total. The van der Waals surface area contributed by atoms with Crippen molar-refractivity contribution >= 4 is 11.8 Å². The van der Waals surface area contributed by atoms with Gasteiger partial charge in [-0.05, 0) is 18.4 Å². The highest BCUT2D eigenvalue weighted by Gasteiger charge is 2.31. The predicted octanol–water partition coefficient (Wildman–Crippen LogP) is 1.87. The molecule has 3 aliphatic rings. The Labute approximate surface area is 109 Å². The summed E-state index contributed by atoms with van der Waals surface area (Å²) in [6.45, 7) is 0. The number of nitrogens with zero attached hydrogens (tertiary/aromatic N) is 1. The van der Waals surface area contributed by atoms with Gasteiger partial charge in [-0.3, -0.25) is 9.59 Å².